The maximum Gasteiger partial charge on any atom is 0.322 e. The predicted octanol–water partition coefficient (Wildman–Crippen LogP) is 8.39. The number of esters is 1. The van der Waals surface area contributed by atoms with Crippen molar-refractivity contribution in [3.63, 3.8) is 0 Å². The van der Waals surface area contributed by atoms with Crippen molar-refractivity contribution in [3.8, 4) is 0 Å². The Labute approximate surface area is 238 Å². The number of unbranched alkanes of at least 4 members (excludes halogenated alkanes) is 9. The summed E-state index contributed by atoms with van der Waals surface area (Å²) in [6.07, 6.45) is 34.1. The fraction of sp³-hybridized carbons (Fsp3) is 0.667. The molecule has 0 fully saturated rings. The number of hydrogen-bond acceptors (Lipinski definition) is 4. The Hall–Kier alpha value is -2.63. The van der Waals surface area contributed by atoms with E-state index in [0.29, 0.717) is 12.8 Å². The Morgan fingerprint density at radius 1 is 0.718 bits per heavy atom. The van der Waals surface area contributed by atoms with E-state index in [-0.39, 0.29) is 24.5 Å². The largest absolute Gasteiger partial charge is 0.480 e. The number of carbonyl (C=O) groups is 3. The second kappa shape index (κ2) is 28.4. The molecule has 0 aromatic heterocycles. The van der Waals surface area contributed by atoms with Crippen molar-refractivity contribution in [1.29, 1.82) is 0 Å². The number of rotatable bonds is 26. The summed E-state index contributed by atoms with van der Waals surface area (Å²) in [6.45, 7) is 3.94. The van der Waals surface area contributed by atoms with E-state index in [2.05, 4.69) is 61.7 Å². The first-order valence-corrected chi connectivity index (χ1v) is 15.3. The lowest BCUT2D eigenvalue weighted by atomic mass is 10.1. The van der Waals surface area contributed by atoms with Gasteiger partial charge >= 0.3 is 11.9 Å². The molecule has 0 saturated carbocycles. The summed E-state index contributed by atoms with van der Waals surface area (Å²) in [5.41, 5.74) is 0. The van der Waals surface area contributed by atoms with Crippen molar-refractivity contribution >= 4 is 17.8 Å². The van der Waals surface area contributed by atoms with Gasteiger partial charge < -0.3 is 15.2 Å². The minimum Gasteiger partial charge on any atom is -0.480 e. The molecule has 0 aliphatic heterocycles. The van der Waals surface area contributed by atoms with E-state index in [1.54, 1.807) is 0 Å². The minimum absolute atomic E-state index is 0.113. The van der Waals surface area contributed by atoms with Crippen molar-refractivity contribution in [2.75, 3.05) is 6.54 Å². The van der Waals surface area contributed by atoms with Crippen LogP contribution in [-0.4, -0.2) is 35.6 Å². The molecule has 1 amide bonds. The molecule has 39 heavy (non-hydrogen) atoms. The Kier molecular flexibility index (Phi) is 26.5. The molecule has 0 radical (unpaired) electrons. The summed E-state index contributed by atoms with van der Waals surface area (Å²) < 4.78 is 5.75. The molecule has 0 saturated heterocycles. The van der Waals surface area contributed by atoms with Crippen LogP contribution in [0.25, 0.3) is 0 Å². The van der Waals surface area contributed by atoms with Crippen molar-refractivity contribution in [2.45, 2.75) is 136 Å². The number of carboxylic acids is 1. The van der Waals surface area contributed by atoms with Gasteiger partial charge in [0.25, 0.3) is 0 Å². The highest BCUT2D eigenvalue weighted by Gasteiger charge is 2.11. The zero-order chi connectivity index (χ0) is 28.8. The number of allylic oxidation sites excluding steroid dienone is 7. The second-order valence-corrected chi connectivity index (χ2v) is 9.97. The SMILES string of the molecule is CC/C=C\C/C=C\C/C=C\CCCCCCCC(=O)OC(/C=C\CCC)CCCCCCC(=O)NCC(=O)O. The van der Waals surface area contributed by atoms with Gasteiger partial charge in [0.05, 0.1) is 0 Å². The lowest BCUT2D eigenvalue weighted by Gasteiger charge is -2.15. The molecule has 1 atom stereocenters. The summed E-state index contributed by atoms with van der Waals surface area (Å²) in [5.74, 6) is -1.37. The second-order valence-electron chi connectivity index (χ2n) is 9.97. The first-order valence-electron chi connectivity index (χ1n) is 15.3. The molecule has 222 valence electrons. The highest BCUT2D eigenvalue weighted by Crippen LogP contribution is 2.14. The van der Waals surface area contributed by atoms with Crippen LogP contribution in [0.5, 0.6) is 0 Å². The normalized spacial score (nSPS) is 12.7. The van der Waals surface area contributed by atoms with Crippen LogP contribution >= 0.6 is 0 Å². The average Bonchev–Trinajstić information content (AvgIpc) is 2.91. The van der Waals surface area contributed by atoms with Gasteiger partial charge in [-0.2, -0.15) is 0 Å². The van der Waals surface area contributed by atoms with E-state index in [9.17, 15) is 14.4 Å². The van der Waals surface area contributed by atoms with E-state index < -0.39 is 5.97 Å². The molecule has 0 aromatic rings. The number of amides is 1. The first kappa shape index (κ1) is 36.4. The number of hydrogen-bond donors (Lipinski definition) is 2. The molecule has 0 aromatic carbocycles. The highest BCUT2D eigenvalue weighted by atomic mass is 16.5. The van der Waals surface area contributed by atoms with Crippen LogP contribution in [0.2, 0.25) is 0 Å². The van der Waals surface area contributed by atoms with Gasteiger partial charge in [0, 0.05) is 12.8 Å². The van der Waals surface area contributed by atoms with Gasteiger partial charge in [0.15, 0.2) is 0 Å². The summed E-state index contributed by atoms with van der Waals surface area (Å²) in [4.78, 5) is 34.4. The molecule has 1 unspecified atom stereocenters. The minimum atomic E-state index is -1.03. The summed E-state index contributed by atoms with van der Waals surface area (Å²) in [5, 5.41) is 11.0. The third-order valence-electron chi connectivity index (χ3n) is 6.20. The molecule has 6 nitrogen and oxygen atoms in total. The fourth-order valence-corrected chi connectivity index (χ4v) is 3.97. The van der Waals surface area contributed by atoms with Crippen molar-refractivity contribution < 1.29 is 24.2 Å². The molecule has 6 heteroatoms. The van der Waals surface area contributed by atoms with Gasteiger partial charge in [-0.1, -0.05) is 94.9 Å². The quantitative estimate of drug-likeness (QED) is 0.0647. The molecule has 0 heterocycles. The summed E-state index contributed by atoms with van der Waals surface area (Å²) in [6, 6.07) is 0. The monoisotopic (exact) mass is 545 g/mol. The summed E-state index contributed by atoms with van der Waals surface area (Å²) in [7, 11) is 0. The van der Waals surface area contributed by atoms with Crippen LogP contribution < -0.4 is 5.32 Å². The molecule has 0 spiro atoms. The van der Waals surface area contributed by atoms with E-state index in [1.165, 1.54) is 12.8 Å². The van der Waals surface area contributed by atoms with Crippen LogP contribution in [-0.2, 0) is 19.1 Å². The molecule has 0 aliphatic rings. The zero-order valence-corrected chi connectivity index (χ0v) is 24.7. The molecule has 0 aliphatic carbocycles. The first-order chi connectivity index (χ1) is 19.0. The number of aliphatic carboxylic acids is 1. The molecule has 2 N–H and O–H groups in total. The lowest BCUT2D eigenvalue weighted by Crippen LogP contribution is -2.28. The topological polar surface area (TPSA) is 92.7 Å². The number of nitrogens with one attached hydrogen (secondary N) is 1. The van der Waals surface area contributed by atoms with Gasteiger partial charge in [-0.3, -0.25) is 14.4 Å². The highest BCUT2D eigenvalue weighted by molar-refractivity contribution is 5.80. The lowest BCUT2D eigenvalue weighted by molar-refractivity contribution is -0.147. The molecular formula is C33H55NO5. The third-order valence-corrected chi connectivity index (χ3v) is 6.20. The fourth-order valence-electron chi connectivity index (χ4n) is 3.97. The average molecular weight is 546 g/mol. The Morgan fingerprint density at radius 2 is 1.33 bits per heavy atom. The van der Waals surface area contributed by atoms with Crippen molar-refractivity contribution in [2.24, 2.45) is 0 Å². The summed E-state index contributed by atoms with van der Waals surface area (Å²) >= 11 is 0. The van der Waals surface area contributed by atoms with Crippen molar-refractivity contribution in [1.82, 2.24) is 5.32 Å². The van der Waals surface area contributed by atoms with Gasteiger partial charge in [-0.25, -0.2) is 0 Å². The van der Waals surface area contributed by atoms with Gasteiger partial charge in [0.1, 0.15) is 12.6 Å². The van der Waals surface area contributed by atoms with E-state index in [1.807, 2.05) is 6.08 Å². The van der Waals surface area contributed by atoms with Crippen LogP contribution in [0.1, 0.15) is 129 Å². The Bertz CT molecular complexity index is 738. The Balaban J connectivity index is 3.94. The number of carbonyl (C=O) groups excluding carboxylic acids is 2. The maximum atomic E-state index is 12.4. The smallest absolute Gasteiger partial charge is 0.322 e. The van der Waals surface area contributed by atoms with E-state index in [0.717, 1.165) is 89.9 Å². The van der Waals surface area contributed by atoms with E-state index in [4.69, 9.17) is 9.84 Å². The standard InChI is InChI=1S/C33H55NO5/c1-3-5-7-8-9-10-11-12-13-14-15-16-17-18-24-28-33(38)39-30(25-21-6-4-2)26-22-19-20-23-27-31(35)34-29-32(36)37/h5,7,9-10,12-13,21,25,30H,3-4,6,8,11,14-20,22-24,26-29H2,1-2H3,(H,34,35)(H,36,37)/b7-5-,10-9-,13-12-,25-21-. The van der Waals surface area contributed by atoms with Crippen LogP contribution in [0.3, 0.4) is 0 Å². The predicted molar refractivity (Wildman–Crippen MR) is 162 cm³/mol. The maximum absolute atomic E-state index is 12.4. The Morgan fingerprint density at radius 3 is 2.03 bits per heavy atom. The number of carboxylic acid groups (broad SMARTS) is 1. The molecular weight excluding hydrogens is 490 g/mol. The van der Waals surface area contributed by atoms with Crippen molar-refractivity contribution in [3.05, 3.63) is 48.6 Å². The van der Waals surface area contributed by atoms with Gasteiger partial charge in [-0.05, 0) is 70.3 Å². The molecule has 0 bridgehead atoms. The molecule has 0 rings (SSSR count). The third kappa shape index (κ3) is 28.2. The van der Waals surface area contributed by atoms with Crippen LogP contribution in [0.15, 0.2) is 48.6 Å². The van der Waals surface area contributed by atoms with Crippen LogP contribution in [0, 0.1) is 0 Å². The number of ether oxygens (including phenoxy) is 1. The van der Waals surface area contributed by atoms with Gasteiger partial charge in [-0.15, -0.1) is 0 Å². The van der Waals surface area contributed by atoms with E-state index >= 15 is 0 Å². The van der Waals surface area contributed by atoms with Crippen LogP contribution in [0.4, 0.5) is 0 Å². The zero-order valence-electron chi connectivity index (χ0n) is 24.7. The van der Waals surface area contributed by atoms with Gasteiger partial charge in [0.2, 0.25) is 5.91 Å².